The Morgan fingerprint density at radius 2 is 1.81 bits per heavy atom. The summed E-state index contributed by atoms with van der Waals surface area (Å²) in [5.74, 6) is 0. The van der Waals surface area contributed by atoms with Gasteiger partial charge in [0.2, 0.25) is 3.79 Å². The lowest BCUT2D eigenvalue weighted by molar-refractivity contribution is 0.133. The topological polar surface area (TPSA) is 38.3 Å². The third-order valence-corrected chi connectivity index (χ3v) is 2.94. The van der Waals surface area contributed by atoms with Crippen molar-refractivity contribution in [1.82, 2.24) is 5.32 Å². The summed E-state index contributed by atoms with van der Waals surface area (Å²) in [4.78, 5) is 11.2. The van der Waals surface area contributed by atoms with Crippen LogP contribution in [0.25, 0.3) is 0 Å². The lowest BCUT2D eigenvalue weighted by Crippen LogP contribution is -2.32. The molecular weight excluding hydrogens is 272 g/mol. The van der Waals surface area contributed by atoms with Crippen molar-refractivity contribution in [3.63, 3.8) is 0 Å². The molecule has 1 saturated heterocycles. The standard InChI is InChI=1S/C10H8Cl3NO2/c11-10(12,13)8-7(14-9(15)16-8)6-4-2-1-3-5-6/h1-5,7-8H,(H,14,15)/t7-,8+/m0/s1. The number of carbonyl (C=O) groups is 1. The van der Waals surface area contributed by atoms with Gasteiger partial charge >= 0.3 is 6.09 Å². The molecule has 3 nitrogen and oxygen atoms in total. The number of hydrogen-bond acceptors (Lipinski definition) is 2. The molecule has 0 aliphatic carbocycles. The number of alkyl halides is 3. The number of halogens is 3. The molecule has 2 rings (SSSR count). The highest BCUT2D eigenvalue weighted by atomic mass is 35.6. The van der Waals surface area contributed by atoms with E-state index in [0.29, 0.717) is 0 Å². The van der Waals surface area contributed by atoms with Crippen LogP contribution in [-0.2, 0) is 4.74 Å². The number of rotatable bonds is 1. The summed E-state index contributed by atoms with van der Waals surface area (Å²) in [6, 6.07) is 8.78. The molecule has 16 heavy (non-hydrogen) atoms. The molecule has 0 radical (unpaired) electrons. The quantitative estimate of drug-likeness (QED) is 0.802. The minimum atomic E-state index is -1.65. The lowest BCUT2D eigenvalue weighted by atomic mass is 10.0. The molecule has 1 aromatic rings. The van der Waals surface area contributed by atoms with E-state index < -0.39 is 22.0 Å². The van der Waals surface area contributed by atoms with Crippen LogP contribution in [0.4, 0.5) is 4.79 Å². The van der Waals surface area contributed by atoms with Crippen molar-refractivity contribution in [3.05, 3.63) is 35.9 Å². The Kier molecular flexibility index (Phi) is 3.19. The van der Waals surface area contributed by atoms with E-state index in [1.165, 1.54) is 0 Å². The molecule has 6 heteroatoms. The molecule has 1 aliphatic heterocycles. The first-order valence-corrected chi connectivity index (χ1v) is 5.70. The summed E-state index contributed by atoms with van der Waals surface area (Å²) in [5.41, 5.74) is 0.838. The SMILES string of the molecule is O=C1N[C@@H](c2ccccc2)[C@H](C(Cl)(Cl)Cl)O1. The second kappa shape index (κ2) is 4.32. The molecule has 1 aliphatic rings. The van der Waals surface area contributed by atoms with Crippen LogP contribution in [0.2, 0.25) is 0 Å². The smallest absolute Gasteiger partial charge is 0.408 e. The van der Waals surface area contributed by atoms with Crippen molar-refractivity contribution in [2.75, 3.05) is 0 Å². The van der Waals surface area contributed by atoms with E-state index in [9.17, 15) is 4.79 Å². The average Bonchev–Trinajstić information content (AvgIpc) is 2.61. The van der Waals surface area contributed by atoms with Crippen LogP contribution in [0.3, 0.4) is 0 Å². The summed E-state index contributed by atoms with van der Waals surface area (Å²) >= 11 is 17.3. The van der Waals surface area contributed by atoms with Crippen LogP contribution >= 0.6 is 34.8 Å². The Morgan fingerprint density at radius 3 is 2.38 bits per heavy atom. The molecule has 0 unspecified atom stereocenters. The van der Waals surface area contributed by atoms with Gasteiger partial charge in [-0.05, 0) is 5.56 Å². The Labute approximate surface area is 108 Å². The highest BCUT2D eigenvalue weighted by molar-refractivity contribution is 6.68. The predicted octanol–water partition coefficient (Wildman–Crippen LogP) is 3.21. The Balaban J connectivity index is 2.30. The maximum Gasteiger partial charge on any atom is 0.408 e. The van der Waals surface area contributed by atoms with E-state index >= 15 is 0 Å². The molecular formula is C10H8Cl3NO2. The second-order valence-electron chi connectivity index (χ2n) is 3.40. The van der Waals surface area contributed by atoms with Gasteiger partial charge in [-0.3, -0.25) is 0 Å². The van der Waals surface area contributed by atoms with Crippen molar-refractivity contribution in [1.29, 1.82) is 0 Å². The van der Waals surface area contributed by atoms with Gasteiger partial charge < -0.3 is 10.1 Å². The van der Waals surface area contributed by atoms with E-state index in [1.54, 1.807) is 0 Å². The van der Waals surface area contributed by atoms with Crippen molar-refractivity contribution in [3.8, 4) is 0 Å². The Morgan fingerprint density at radius 1 is 1.19 bits per heavy atom. The second-order valence-corrected chi connectivity index (χ2v) is 5.77. The monoisotopic (exact) mass is 279 g/mol. The largest absolute Gasteiger partial charge is 0.439 e. The number of ether oxygens (including phenoxy) is 1. The fourth-order valence-electron chi connectivity index (χ4n) is 1.59. The number of hydrogen-bond donors (Lipinski definition) is 1. The van der Waals surface area contributed by atoms with Crippen LogP contribution < -0.4 is 5.32 Å². The van der Waals surface area contributed by atoms with Gasteiger partial charge in [-0.2, -0.15) is 0 Å². The summed E-state index contributed by atoms with van der Waals surface area (Å²) in [7, 11) is 0. The lowest BCUT2D eigenvalue weighted by Gasteiger charge is -2.23. The first-order valence-electron chi connectivity index (χ1n) is 4.57. The highest BCUT2D eigenvalue weighted by Crippen LogP contribution is 2.41. The zero-order chi connectivity index (χ0) is 11.8. The zero-order valence-corrected chi connectivity index (χ0v) is 10.3. The molecule has 0 saturated carbocycles. The van der Waals surface area contributed by atoms with E-state index in [-0.39, 0.29) is 0 Å². The molecule has 1 heterocycles. The summed E-state index contributed by atoms with van der Waals surface area (Å²) in [6.45, 7) is 0. The Bertz CT molecular complexity index is 391. The fraction of sp³-hybridized carbons (Fsp3) is 0.300. The van der Waals surface area contributed by atoms with Crippen molar-refractivity contribution in [2.45, 2.75) is 15.9 Å². The van der Waals surface area contributed by atoms with E-state index in [0.717, 1.165) is 5.56 Å². The first-order chi connectivity index (χ1) is 7.48. The molecule has 1 aromatic carbocycles. The molecule has 86 valence electrons. The number of carbonyl (C=O) groups excluding carboxylic acids is 1. The van der Waals surface area contributed by atoms with Gasteiger partial charge in [-0.15, -0.1) is 0 Å². The number of cyclic esters (lactones) is 1. The van der Waals surface area contributed by atoms with Crippen molar-refractivity contribution >= 4 is 40.9 Å². The van der Waals surface area contributed by atoms with E-state index in [1.807, 2.05) is 30.3 Å². The normalized spacial score (nSPS) is 25.1. The molecule has 1 amide bonds. The maximum atomic E-state index is 11.2. The van der Waals surface area contributed by atoms with Crippen LogP contribution in [-0.4, -0.2) is 16.0 Å². The zero-order valence-electron chi connectivity index (χ0n) is 7.99. The summed E-state index contributed by atoms with van der Waals surface area (Å²) in [6.07, 6.45) is -1.41. The van der Waals surface area contributed by atoms with Gasteiger partial charge in [0.1, 0.15) is 0 Å². The van der Waals surface area contributed by atoms with Crippen molar-refractivity contribution < 1.29 is 9.53 Å². The third kappa shape index (κ3) is 2.37. The minimum Gasteiger partial charge on any atom is -0.439 e. The first kappa shape index (κ1) is 11.8. The van der Waals surface area contributed by atoms with E-state index in [4.69, 9.17) is 39.5 Å². The number of amides is 1. The van der Waals surface area contributed by atoms with Crippen LogP contribution in [0.5, 0.6) is 0 Å². The molecule has 0 aromatic heterocycles. The van der Waals surface area contributed by atoms with Gasteiger partial charge in [-0.1, -0.05) is 65.1 Å². The number of nitrogens with one attached hydrogen (secondary N) is 1. The molecule has 1 fully saturated rings. The average molecular weight is 281 g/mol. The van der Waals surface area contributed by atoms with Gasteiger partial charge in [0, 0.05) is 0 Å². The van der Waals surface area contributed by atoms with Gasteiger partial charge in [0.15, 0.2) is 6.10 Å². The highest BCUT2D eigenvalue weighted by Gasteiger charge is 2.47. The summed E-state index contributed by atoms with van der Waals surface area (Å²) < 4.78 is 3.29. The van der Waals surface area contributed by atoms with Crippen LogP contribution in [0, 0.1) is 0 Å². The van der Waals surface area contributed by atoms with E-state index in [2.05, 4.69) is 5.32 Å². The van der Waals surface area contributed by atoms with Gasteiger partial charge in [0.25, 0.3) is 0 Å². The molecule has 0 spiro atoms. The predicted molar refractivity (Wildman–Crippen MR) is 62.9 cm³/mol. The van der Waals surface area contributed by atoms with Gasteiger partial charge in [0.05, 0.1) is 6.04 Å². The summed E-state index contributed by atoms with van der Waals surface area (Å²) in [5, 5.41) is 2.61. The van der Waals surface area contributed by atoms with Crippen LogP contribution in [0.1, 0.15) is 11.6 Å². The Hall–Kier alpha value is -0.640. The maximum absolute atomic E-state index is 11.2. The minimum absolute atomic E-state index is 0.443. The van der Waals surface area contributed by atoms with Crippen LogP contribution in [0.15, 0.2) is 30.3 Å². The molecule has 0 bridgehead atoms. The van der Waals surface area contributed by atoms with Gasteiger partial charge in [-0.25, -0.2) is 4.79 Å². The fourth-order valence-corrected chi connectivity index (χ4v) is 2.11. The number of benzene rings is 1. The molecule has 1 N–H and O–H groups in total. The van der Waals surface area contributed by atoms with Crippen molar-refractivity contribution in [2.24, 2.45) is 0 Å². The molecule has 2 atom stereocenters. The number of alkyl carbamates (subject to hydrolysis) is 1. The third-order valence-electron chi connectivity index (χ3n) is 2.29.